The molecule has 3 aromatic carbocycles. The summed E-state index contributed by atoms with van der Waals surface area (Å²) in [7, 11) is 1.66. The van der Waals surface area contributed by atoms with Gasteiger partial charge in [0, 0.05) is 43.9 Å². The predicted molar refractivity (Wildman–Crippen MR) is 145 cm³/mol. The molecule has 1 saturated heterocycles. The van der Waals surface area contributed by atoms with E-state index in [2.05, 4.69) is 10.6 Å². The van der Waals surface area contributed by atoms with E-state index in [-0.39, 0.29) is 11.7 Å². The number of halogens is 1. The zero-order valence-corrected chi connectivity index (χ0v) is 20.7. The molecule has 0 bridgehead atoms. The van der Waals surface area contributed by atoms with Crippen molar-refractivity contribution in [3.05, 3.63) is 107 Å². The topological polar surface area (TPSA) is 46.8 Å². The summed E-state index contributed by atoms with van der Waals surface area (Å²) in [6.45, 7) is 1.71. The second kappa shape index (κ2) is 10.9. The molecule has 5 rings (SSSR count). The maximum absolute atomic E-state index is 13.6. The van der Waals surface area contributed by atoms with Crippen molar-refractivity contribution in [2.24, 2.45) is 4.99 Å². The monoisotopic (exact) mass is 499 g/mol. The Balaban J connectivity index is 1.40. The molecule has 36 heavy (non-hydrogen) atoms. The first-order valence-electron chi connectivity index (χ1n) is 11.8. The number of nitrogens with zero attached hydrogens (tertiary/aromatic N) is 3. The lowest BCUT2D eigenvalue weighted by molar-refractivity contribution is -0.122. The SMILES string of the molecule is COCCCN1C(=O)/C(=C\c2ccc3c(ccn3Cc3cccc(F)c3)c2)SC1=Nc1ccccc1. The van der Waals surface area contributed by atoms with Crippen LogP contribution < -0.4 is 0 Å². The average Bonchev–Trinajstić information content (AvgIpc) is 3.40. The summed E-state index contributed by atoms with van der Waals surface area (Å²) >= 11 is 1.39. The number of hydrogen-bond acceptors (Lipinski definition) is 4. The highest BCUT2D eigenvalue weighted by Crippen LogP contribution is 2.34. The molecule has 1 aliphatic heterocycles. The van der Waals surface area contributed by atoms with Crippen LogP contribution in [-0.4, -0.2) is 40.8 Å². The fourth-order valence-corrected chi connectivity index (χ4v) is 5.22. The van der Waals surface area contributed by atoms with Crippen LogP contribution in [0.1, 0.15) is 17.5 Å². The highest BCUT2D eigenvalue weighted by molar-refractivity contribution is 8.18. The highest BCUT2D eigenvalue weighted by Gasteiger charge is 2.33. The van der Waals surface area contributed by atoms with Gasteiger partial charge in [-0.1, -0.05) is 36.4 Å². The minimum absolute atomic E-state index is 0.0467. The number of benzene rings is 3. The Hall–Kier alpha value is -3.68. The molecule has 7 heteroatoms. The molecule has 0 radical (unpaired) electrons. The van der Waals surface area contributed by atoms with Crippen molar-refractivity contribution in [1.82, 2.24) is 9.47 Å². The van der Waals surface area contributed by atoms with E-state index in [9.17, 15) is 9.18 Å². The smallest absolute Gasteiger partial charge is 0.266 e. The maximum atomic E-state index is 13.6. The van der Waals surface area contributed by atoms with Crippen LogP contribution in [0.5, 0.6) is 0 Å². The second-order valence-corrected chi connectivity index (χ2v) is 9.54. The van der Waals surface area contributed by atoms with Gasteiger partial charge in [0.05, 0.1) is 10.6 Å². The number of rotatable bonds is 8. The largest absolute Gasteiger partial charge is 0.385 e. The van der Waals surface area contributed by atoms with Crippen molar-refractivity contribution in [1.29, 1.82) is 0 Å². The maximum Gasteiger partial charge on any atom is 0.266 e. The van der Waals surface area contributed by atoms with E-state index in [0.29, 0.717) is 29.8 Å². The highest BCUT2D eigenvalue weighted by atomic mass is 32.2. The number of hydrogen-bond donors (Lipinski definition) is 0. The first kappa shape index (κ1) is 24.0. The molecule has 0 unspecified atom stereocenters. The fraction of sp³-hybridized carbons (Fsp3) is 0.172. The lowest BCUT2D eigenvalue weighted by Gasteiger charge is -2.15. The van der Waals surface area contributed by atoms with Crippen LogP contribution in [0.15, 0.2) is 95.0 Å². The molecule has 0 N–H and O–H groups in total. The van der Waals surface area contributed by atoms with Crippen molar-refractivity contribution < 1.29 is 13.9 Å². The molecule has 2 heterocycles. The van der Waals surface area contributed by atoms with E-state index < -0.39 is 0 Å². The Morgan fingerprint density at radius 2 is 1.89 bits per heavy atom. The van der Waals surface area contributed by atoms with Gasteiger partial charge < -0.3 is 9.30 Å². The van der Waals surface area contributed by atoms with Crippen molar-refractivity contribution in [3.8, 4) is 0 Å². The number of aliphatic imine (C=N–C) groups is 1. The van der Waals surface area contributed by atoms with Gasteiger partial charge in [0.1, 0.15) is 5.82 Å². The van der Waals surface area contributed by atoms with Gasteiger partial charge in [0.2, 0.25) is 0 Å². The van der Waals surface area contributed by atoms with Crippen LogP contribution in [-0.2, 0) is 16.1 Å². The molecule has 182 valence electrons. The van der Waals surface area contributed by atoms with Crippen molar-refractivity contribution in [2.75, 3.05) is 20.3 Å². The minimum Gasteiger partial charge on any atom is -0.385 e. The number of amides is 1. The lowest BCUT2D eigenvalue weighted by Crippen LogP contribution is -2.30. The molecule has 0 spiro atoms. The number of methoxy groups -OCH3 is 1. The van der Waals surface area contributed by atoms with Crippen LogP contribution in [0.25, 0.3) is 17.0 Å². The summed E-state index contributed by atoms with van der Waals surface area (Å²) in [5.74, 6) is -0.280. The lowest BCUT2D eigenvalue weighted by atomic mass is 10.1. The van der Waals surface area contributed by atoms with E-state index in [1.54, 1.807) is 24.1 Å². The Morgan fingerprint density at radius 3 is 2.69 bits per heavy atom. The molecular formula is C29H26FN3O2S. The number of fused-ring (bicyclic) bond motifs is 1. The van der Waals surface area contributed by atoms with E-state index >= 15 is 0 Å². The average molecular weight is 500 g/mol. The predicted octanol–water partition coefficient (Wildman–Crippen LogP) is 6.47. The molecule has 5 nitrogen and oxygen atoms in total. The van der Waals surface area contributed by atoms with Crippen LogP contribution in [0.4, 0.5) is 10.1 Å². The quantitative estimate of drug-likeness (QED) is 0.206. The van der Waals surface area contributed by atoms with Crippen molar-refractivity contribution in [3.63, 3.8) is 0 Å². The van der Waals surface area contributed by atoms with Gasteiger partial charge in [0.15, 0.2) is 5.17 Å². The first-order valence-corrected chi connectivity index (χ1v) is 12.6. The van der Waals surface area contributed by atoms with Crippen LogP contribution in [0.2, 0.25) is 0 Å². The van der Waals surface area contributed by atoms with Gasteiger partial charge in [-0.3, -0.25) is 9.69 Å². The Morgan fingerprint density at radius 1 is 1.03 bits per heavy atom. The van der Waals surface area contributed by atoms with Crippen LogP contribution >= 0.6 is 11.8 Å². The van der Waals surface area contributed by atoms with Gasteiger partial charge in [-0.2, -0.15) is 0 Å². The van der Waals surface area contributed by atoms with Gasteiger partial charge in [-0.25, -0.2) is 9.38 Å². The Bertz CT molecular complexity index is 1450. The normalized spacial score (nSPS) is 16.1. The summed E-state index contributed by atoms with van der Waals surface area (Å²) in [6.07, 6.45) is 4.66. The van der Waals surface area contributed by atoms with Gasteiger partial charge in [-0.05, 0) is 77.9 Å². The van der Waals surface area contributed by atoms with Gasteiger partial charge in [0.25, 0.3) is 5.91 Å². The number of carbonyl (C=O) groups excluding carboxylic acids is 1. The third kappa shape index (κ3) is 5.42. The third-order valence-electron chi connectivity index (χ3n) is 5.93. The summed E-state index contributed by atoms with van der Waals surface area (Å²) in [5, 5.41) is 1.74. The van der Waals surface area contributed by atoms with Gasteiger partial charge in [-0.15, -0.1) is 0 Å². The molecule has 1 amide bonds. The van der Waals surface area contributed by atoms with Crippen LogP contribution in [0.3, 0.4) is 0 Å². The molecule has 1 aliphatic rings. The number of para-hydroxylation sites is 1. The number of carbonyl (C=O) groups is 1. The zero-order valence-electron chi connectivity index (χ0n) is 19.9. The number of amidine groups is 1. The third-order valence-corrected chi connectivity index (χ3v) is 6.94. The number of thioether (sulfide) groups is 1. The molecular weight excluding hydrogens is 473 g/mol. The van der Waals surface area contributed by atoms with Crippen molar-refractivity contribution >= 4 is 45.5 Å². The molecule has 1 aromatic heterocycles. The summed E-state index contributed by atoms with van der Waals surface area (Å²) < 4.78 is 20.9. The Kier molecular flexibility index (Phi) is 7.30. The van der Waals surface area contributed by atoms with E-state index in [1.165, 1.54) is 17.8 Å². The molecule has 0 atom stereocenters. The summed E-state index contributed by atoms with van der Waals surface area (Å²) in [4.78, 5) is 20.4. The van der Waals surface area contributed by atoms with Gasteiger partial charge >= 0.3 is 0 Å². The minimum atomic E-state index is -0.233. The van der Waals surface area contributed by atoms with E-state index in [0.717, 1.165) is 34.1 Å². The molecule has 4 aromatic rings. The molecule has 1 fully saturated rings. The number of aromatic nitrogens is 1. The fourth-order valence-electron chi connectivity index (χ4n) is 4.20. The van der Waals surface area contributed by atoms with Crippen LogP contribution in [0, 0.1) is 5.82 Å². The summed E-state index contributed by atoms with van der Waals surface area (Å²) in [6, 6.07) is 24.5. The zero-order chi connectivity index (χ0) is 24.9. The first-order chi connectivity index (χ1) is 17.6. The van der Waals surface area contributed by atoms with Crippen molar-refractivity contribution in [2.45, 2.75) is 13.0 Å². The standard InChI is InChI=1S/C29H26FN3O2S/c1-35-16-6-14-33-28(34)27(36-29(33)31-25-9-3-2-4-10-25)19-21-11-12-26-23(17-21)13-15-32(26)20-22-7-5-8-24(30)18-22/h2-5,7-13,15,17-19H,6,14,16,20H2,1H3/b27-19+,31-29?. The molecule has 0 saturated carbocycles. The Labute approximate surface area is 213 Å². The summed E-state index contributed by atoms with van der Waals surface area (Å²) in [5.41, 5.74) is 3.72. The number of ether oxygens (including phenoxy) is 1. The molecule has 0 aliphatic carbocycles. The van der Waals surface area contributed by atoms with E-state index in [1.807, 2.05) is 66.9 Å². The van der Waals surface area contributed by atoms with E-state index in [4.69, 9.17) is 9.73 Å². The second-order valence-electron chi connectivity index (χ2n) is 8.54.